The van der Waals surface area contributed by atoms with E-state index in [-0.39, 0.29) is 6.29 Å². The molecular formula is C24H23N2O2S+. The molecule has 0 amide bonds. The number of rotatable bonds is 3. The Labute approximate surface area is 173 Å². The number of hydrogen-bond acceptors (Lipinski definition) is 4. The van der Waals surface area contributed by atoms with Gasteiger partial charge in [-0.3, -0.25) is 5.41 Å². The Morgan fingerprint density at radius 1 is 1.00 bits per heavy atom. The van der Waals surface area contributed by atoms with Crippen molar-refractivity contribution in [2.45, 2.75) is 25.6 Å². The van der Waals surface area contributed by atoms with Gasteiger partial charge in [-0.15, -0.1) is 11.3 Å². The predicted molar refractivity (Wildman–Crippen MR) is 118 cm³/mol. The van der Waals surface area contributed by atoms with Crippen molar-refractivity contribution in [2.75, 3.05) is 12.3 Å². The van der Waals surface area contributed by atoms with E-state index < -0.39 is 0 Å². The van der Waals surface area contributed by atoms with Crippen molar-refractivity contribution in [3.05, 3.63) is 66.0 Å². The molecule has 2 aromatic rings. The first-order valence-corrected chi connectivity index (χ1v) is 10.7. The molecule has 2 aromatic carbocycles. The highest BCUT2D eigenvalue weighted by molar-refractivity contribution is 7.21. The van der Waals surface area contributed by atoms with Gasteiger partial charge in [-0.1, -0.05) is 18.2 Å². The van der Waals surface area contributed by atoms with Crippen LogP contribution in [0.1, 0.15) is 19.3 Å². The average molecular weight is 404 g/mol. The summed E-state index contributed by atoms with van der Waals surface area (Å²) in [7, 11) is 0. The lowest BCUT2D eigenvalue weighted by Crippen LogP contribution is -2.44. The van der Waals surface area contributed by atoms with E-state index >= 15 is 0 Å². The van der Waals surface area contributed by atoms with Crippen molar-refractivity contribution in [1.82, 2.24) is 0 Å². The third-order valence-electron chi connectivity index (χ3n) is 5.32. The Morgan fingerprint density at radius 3 is 2.66 bits per heavy atom. The summed E-state index contributed by atoms with van der Waals surface area (Å²) in [6, 6.07) is 20.5. The van der Waals surface area contributed by atoms with Crippen LogP contribution in [0.4, 0.5) is 5.69 Å². The molecule has 1 fully saturated rings. The molecular weight excluding hydrogens is 380 g/mol. The maximum absolute atomic E-state index is 6.05. The van der Waals surface area contributed by atoms with Crippen molar-refractivity contribution in [3.8, 4) is 27.3 Å². The Bertz CT molecular complexity index is 1190. The van der Waals surface area contributed by atoms with Crippen molar-refractivity contribution in [1.29, 1.82) is 0 Å². The van der Waals surface area contributed by atoms with Crippen LogP contribution >= 0.6 is 11.3 Å². The molecule has 1 saturated heterocycles. The van der Waals surface area contributed by atoms with Crippen LogP contribution in [0.25, 0.3) is 31.7 Å². The third kappa shape index (κ3) is 3.59. The molecule has 146 valence electrons. The summed E-state index contributed by atoms with van der Waals surface area (Å²) in [6.07, 6.45) is 3.07. The van der Waals surface area contributed by atoms with E-state index in [0.717, 1.165) is 57.8 Å². The SMILES string of the molecule is Nc1ccc2c(-c3ccc(OC4CCCCO4)cc3)c3ccc(=[NH2+])cc-3sc2c1. The molecule has 29 heavy (non-hydrogen) atoms. The minimum absolute atomic E-state index is 0.138. The summed E-state index contributed by atoms with van der Waals surface area (Å²) in [4.78, 5) is 1.15. The van der Waals surface area contributed by atoms with Gasteiger partial charge in [0.25, 0.3) is 0 Å². The van der Waals surface area contributed by atoms with Gasteiger partial charge in [0.1, 0.15) is 5.75 Å². The fraction of sp³-hybridized carbons (Fsp3) is 0.208. The van der Waals surface area contributed by atoms with Crippen molar-refractivity contribution >= 4 is 27.1 Å². The van der Waals surface area contributed by atoms with Gasteiger partial charge in [-0.05, 0) is 54.3 Å². The summed E-state index contributed by atoms with van der Waals surface area (Å²) < 4.78 is 12.8. The number of ether oxygens (including phenoxy) is 2. The van der Waals surface area contributed by atoms with Gasteiger partial charge in [0, 0.05) is 44.8 Å². The van der Waals surface area contributed by atoms with Crippen molar-refractivity contribution in [2.24, 2.45) is 0 Å². The molecule has 0 radical (unpaired) electrons. The highest BCUT2D eigenvalue weighted by Gasteiger charge is 2.18. The van der Waals surface area contributed by atoms with Gasteiger partial charge in [-0.2, -0.15) is 0 Å². The maximum atomic E-state index is 6.05. The monoisotopic (exact) mass is 403 g/mol. The van der Waals surface area contributed by atoms with Crippen LogP contribution in [0.5, 0.6) is 5.75 Å². The predicted octanol–water partition coefficient (Wildman–Crippen LogP) is 3.82. The first kappa shape index (κ1) is 18.2. The van der Waals surface area contributed by atoms with E-state index in [1.165, 1.54) is 16.5 Å². The second-order valence-corrected chi connectivity index (χ2v) is 8.51. The second kappa shape index (κ2) is 7.50. The van der Waals surface area contributed by atoms with Crippen LogP contribution in [0.3, 0.4) is 0 Å². The van der Waals surface area contributed by atoms with E-state index in [1.807, 2.05) is 36.4 Å². The Hall–Kier alpha value is -2.89. The van der Waals surface area contributed by atoms with Crippen LogP contribution in [-0.4, -0.2) is 12.9 Å². The van der Waals surface area contributed by atoms with Gasteiger partial charge in [0.15, 0.2) is 11.6 Å². The molecule has 5 heteroatoms. The van der Waals surface area contributed by atoms with Gasteiger partial charge >= 0.3 is 0 Å². The standard InChI is InChI=1S/C24H22N2O2S/c25-16-6-10-19-21(13-16)29-22-14-17(26)7-11-20(22)24(19)15-4-8-18(9-5-15)28-23-3-1-2-12-27-23/h4-11,13-14,23,25H,1-3,12,26H2/p+1. The molecule has 0 saturated carbocycles. The van der Waals surface area contributed by atoms with E-state index in [2.05, 4.69) is 24.3 Å². The number of fused-ring (bicyclic) bond motifs is 2. The molecule has 2 heterocycles. The minimum Gasteiger partial charge on any atom is -0.465 e. The zero-order valence-electron chi connectivity index (χ0n) is 16.1. The highest BCUT2D eigenvalue weighted by Crippen LogP contribution is 2.43. The van der Waals surface area contributed by atoms with Crippen LogP contribution in [0, 0.1) is 0 Å². The number of nitrogens with two attached hydrogens (primary N) is 2. The largest absolute Gasteiger partial charge is 0.465 e. The Kier molecular flexibility index (Phi) is 4.70. The lowest BCUT2D eigenvalue weighted by Gasteiger charge is -2.23. The molecule has 3 aliphatic rings. The molecule has 1 atom stereocenters. The summed E-state index contributed by atoms with van der Waals surface area (Å²) in [5.41, 5.74) is 10.3. The maximum Gasteiger partial charge on any atom is 0.199 e. The molecule has 5 rings (SSSR count). The molecule has 4 nitrogen and oxygen atoms in total. The fourth-order valence-electron chi connectivity index (χ4n) is 3.89. The Balaban J connectivity index is 1.60. The molecule has 2 aliphatic heterocycles. The summed E-state index contributed by atoms with van der Waals surface area (Å²) >= 11 is 1.71. The first-order valence-electron chi connectivity index (χ1n) is 9.91. The summed E-state index contributed by atoms with van der Waals surface area (Å²) in [5, 5.41) is 8.00. The molecule has 1 unspecified atom stereocenters. The fourth-order valence-corrected chi connectivity index (χ4v) is 5.08. The molecule has 1 aliphatic carbocycles. The van der Waals surface area contributed by atoms with Crippen LogP contribution in [-0.2, 0) is 4.74 Å². The lowest BCUT2D eigenvalue weighted by atomic mass is 9.95. The molecule has 4 N–H and O–H groups in total. The molecule has 0 bridgehead atoms. The number of nitrogen functional groups attached to an aromatic ring is 1. The molecule has 0 aromatic heterocycles. The first-order chi connectivity index (χ1) is 14.2. The average Bonchev–Trinajstić information content (AvgIpc) is 2.73. The normalized spacial score (nSPS) is 16.9. The van der Waals surface area contributed by atoms with Crippen LogP contribution < -0.4 is 21.2 Å². The summed E-state index contributed by atoms with van der Waals surface area (Å²) in [6.45, 7) is 0.776. The van der Waals surface area contributed by atoms with E-state index in [0.29, 0.717) is 0 Å². The second-order valence-electron chi connectivity index (χ2n) is 7.43. The van der Waals surface area contributed by atoms with Gasteiger partial charge in [-0.25, -0.2) is 0 Å². The lowest BCUT2D eigenvalue weighted by molar-refractivity contribution is -0.172. The van der Waals surface area contributed by atoms with Gasteiger partial charge in [0.2, 0.25) is 0 Å². The highest BCUT2D eigenvalue weighted by atomic mass is 32.1. The van der Waals surface area contributed by atoms with Crippen molar-refractivity contribution < 1.29 is 14.9 Å². The van der Waals surface area contributed by atoms with Crippen LogP contribution in [0.15, 0.2) is 60.7 Å². The number of anilines is 1. The Morgan fingerprint density at radius 2 is 1.86 bits per heavy atom. The minimum atomic E-state index is -0.138. The van der Waals surface area contributed by atoms with Gasteiger partial charge < -0.3 is 15.2 Å². The molecule has 0 spiro atoms. The number of benzene rings is 3. The smallest absolute Gasteiger partial charge is 0.199 e. The topological polar surface area (TPSA) is 70.1 Å². The zero-order chi connectivity index (χ0) is 19.8. The summed E-state index contributed by atoms with van der Waals surface area (Å²) in [5.74, 6) is 0.835. The third-order valence-corrected chi connectivity index (χ3v) is 6.43. The van der Waals surface area contributed by atoms with E-state index in [9.17, 15) is 0 Å². The number of hydrogen-bond donors (Lipinski definition) is 2. The van der Waals surface area contributed by atoms with Crippen LogP contribution in [0.2, 0.25) is 0 Å². The van der Waals surface area contributed by atoms with E-state index in [4.69, 9.17) is 20.6 Å². The van der Waals surface area contributed by atoms with E-state index in [1.54, 1.807) is 11.3 Å². The quantitative estimate of drug-likeness (QED) is 0.404. The zero-order valence-corrected chi connectivity index (χ0v) is 16.9. The van der Waals surface area contributed by atoms with Gasteiger partial charge in [0.05, 0.1) is 6.61 Å². The van der Waals surface area contributed by atoms with Crippen molar-refractivity contribution in [3.63, 3.8) is 0 Å².